The van der Waals surface area contributed by atoms with Crippen LogP contribution in [0.25, 0.3) is 10.8 Å². The molecule has 0 bridgehead atoms. The van der Waals surface area contributed by atoms with Crippen molar-refractivity contribution < 1.29 is 26.4 Å². The molecule has 3 rings (SSSR count). The Morgan fingerprint density at radius 2 is 1.70 bits per heavy atom. The summed E-state index contributed by atoms with van der Waals surface area (Å²) in [6.07, 6.45) is 1.36. The van der Waals surface area contributed by atoms with Gasteiger partial charge in [-0.25, -0.2) is 31.5 Å². The first kappa shape index (κ1) is 24.3. The van der Waals surface area contributed by atoms with E-state index in [1.165, 1.54) is 32.3 Å². The summed E-state index contributed by atoms with van der Waals surface area (Å²) in [5.74, 6) is -3.49. The van der Waals surface area contributed by atoms with Gasteiger partial charge in [0, 0.05) is 25.5 Å². The fraction of sp³-hybridized carbons (Fsp3) is 0.238. The molecule has 0 fully saturated rings. The van der Waals surface area contributed by atoms with Crippen LogP contribution in [0.5, 0.6) is 0 Å². The predicted molar refractivity (Wildman–Crippen MR) is 118 cm³/mol. The number of nitrogens with one attached hydrogen (secondary N) is 1. The summed E-state index contributed by atoms with van der Waals surface area (Å²) in [5, 5.41) is 7.59. The van der Waals surface area contributed by atoms with Crippen LogP contribution in [0.4, 0.5) is 23.7 Å². The molecule has 0 saturated carbocycles. The zero-order chi connectivity index (χ0) is 24.5. The maximum atomic E-state index is 14.0. The fourth-order valence-corrected chi connectivity index (χ4v) is 3.87. The summed E-state index contributed by atoms with van der Waals surface area (Å²) in [6.45, 7) is 1.19. The standard InChI is InChI=1S/C21H21F3N4O4S/c1-12(17-11-27(2)20(29)16-10-19(24)18(23)9-15(16)17)28(7-8-33(25,31)32)21(30)26-14-5-3-13(22)4-6-14/h3-6,9-12H,7-8H2,1-2H3,(H,26,30)(H2,25,31,32). The van der Waals surface area contributed by atoms with Crippen LogP contribution in [0.1, 0.15) is 18.5 Å². The van der Waals surface area contributed by atoms with Crippen LogP contribution in [0.2, 0.25) is 0 Å². The number of anilines is 1. The largest absolute Gasteiger partial charge is 0.322 e. The van der Waals surface area contributed by atoms with E-state index in [1.807, 2.05) is 0 Å². The number of carbonyl (C=O) groups is 1. The molecule has 0 radical (unpaired) electrons. The van der Waals surface area contributed by atoms with Crippen LogP contribution >= 0.6 is 0 Å². The topological polar surface area (TPSA) is 114 Å². The van der Waals surface area contributed by atoms with Gasteiger partial charge in [0.05, 0.1) is 17.2 Å². The minimum Gasteiger partial charge on any atom is -0.318 e. The lowest BCUT2D eigenvalue weighted by Gasteiger charge is -2.30. The molecule has 3 aromatic rings. The van der Waals surface area contributed by atoms with Gasteiger partial charge in [-0.1, -0.05) is 0 Å². The Morgan fingerprint density at radius 3 is 2.27 bits per heavy atom. The summed E-state index contributed by atoms with van der Waals surface area (Å²) in [7, 11) is -2.54. The number of fused-ring (bicyclic) bond motifs is 1. The number of hydrogen-bond acceptors (Lipinski definition) is 4. The molecule has 0 spiro atoms. The van der Waals surface area contributed by atoms with E-state index in [2.05, 4.69) is 5.32 Å². The van der Waals surface area contributed by atoms with E-state index in [-0.39, 0.29) is 28.6 Å². The Morgan fingerprint density at radius 1 is 1.12 bits per heavy atom. The molecule has 1 atom stereocenters. The smallest absolute Gasteiger partial charge is 0.318 e. The van der Waals surface area contributed by atoms with E-state index in [4.69, 9.17) is 5.14 Å². The summed E-state index contributed by atoms with van der Waals surface area (Å²) < 4.78 is 65.2. The minimum atomic E-state index is -3.95. The molecular formula is C21H21F3N4O4S. The third-order valence-electron chi connectivity index (χ3n) is 5.15. The molecule has 2 amide bonds. The van der Waals surface area contributed by atoms with Gasteiger partial charge in [0.1, 0.15) is 5.82 Å². The molecule has 2 aromatic carbocycles. The number of benzene rings is 2. The average Bonchev–Trinajstić information content (AvgIpc) is 2.73. The van der Waals surface area contributed by atoms with Crippen molar-refractivity contribution >= 4 is 32.5 Å². The van der Waals surface area contributed by atoms with Crippen molar-refractivity contribution in [2.75, 3.05) is 17.6 Å². The van der Waals surface area contributed by atoms with Gasteiger partial charge in [-0.3, -0.25) is 4.79 Å². The molecule has 0 aliphatic rings. The number of sulfonamides is 1. The quantitative estimate of drug-likeness (QED) is 0.562. The molecule has 1 heterocycles. The first-order chi connectivity index (χ1) is 15.4. The van der Waals surface area contributed by atoms with Gasteiger partial charge >= 0.3 is 6.03 Å². The normalized spacial score (nSPS) is 12.5. The van der Waals surface area contributed by atoms with Crippen LogP contribution in [0.15, 0.2) is 47.4 Å². The van der Waals surface area contributed by atoms with Crippen LogP contribution in [-0.2, 0) is 17.1 Å². The Balaban J connectivity index is 2.08. The summed E-state index contributed by atoms with van der Waals surface area (Å²) in [5.41, 5.74) is -0.0611. The number of hydrogen-bond donors (Lipinski definition) is 2. The number of aryl methyl sites for hydroxylation is 1. The molecule has 3 N–H and O–H groups in total. The van der Waals surface area contributed by atoms with E-state index < -0.39 is 50.9 Å². The number of urea groups is 1. The SMILES string of the molecule is CC(c1cn(C)c(=O)c2cc(F)c(F)cc12)N(CCS(N)(=O)=O)C(=O)Nc1ccc(F)cc1. The second-order valence-electron chi connectivity index (χ2n) is 7.49. The first-order valence-corrected chi connectivity index (χ1v) is 11.4. The molecule has 0 saturated heterocycles. The highest BCUT2D eigenvalue weighted by molar-refractivity contribution is 7.89. The van der Waals surface area contributed by atoms with Crippen LogP contribution < -0.4 is 16.0 Å². The van der Waals surface area contributed by atoms with Crippen molar-refractivity contribution in [2.45, 2.75) is 13.0 Å². The van der Waals surface area contributed by atoms with Crippen molar-refractivity contribution in [1.82, 2.24) is 9.47 Å². The highest BCUT2D eigenvalue weighted by Gasteiger charge is 2.26. The molecule has 8 nitrogen and oxygen atoms in total. The third-order valence-corrected chi connectivity index (χ3v) is 5.90. The van der Waals surface area contributed by atoms with Crippen LogP contribution in [0, 0.1) is 17.5 Å². The van der Waals surface area contributed by atoms with Crippen LogP contribution in [0.3, 0.4) is 0 Å². The monoisotopic (exact) mass is 482 g/mol. The number of primary sulfonamides is 1. The first-order valence-electron chi connectivity index (χ1n) is 9.69. The Kier molecular flexibility index (Phi) is 6.79. The van der Waals surface area contributed by atoms with Crippen molar-refractivity contribution in [1.29, 1.82) is 0 Å². The van der Waals surface area contributed by atoms with Gasteiger partial charge in [-0.05, 0) is 54.3 Å². The molecule has 33 heavy (non-hydrogen) atoms. The second-order valence-corrected chi connectivity index (χ2v) is 9.22. The summed E-state index contributed by atoms with van der Waals surface area (Å²) >= 11 is 0. The number of halogens is 3. The van der Waals surface area contributed by atoms with Crippen LogP contribution in [-0.4, -0.2) is 36.2 Å². The fourth-order valence-electron chi connectivity index (χ4n) is 3.42. The van der Waals surface area contributed by atoms with E-state index >= 15 is 0 Å². The number of aromatic nitrogens is 1. The third kappa shape index (κ3) is 5.52. The molecule has 1 unspecified atom stereocenters. The van der Waals surface area contributed by atoms with E-state index in [1.54, 1.807) is 0 Å². The van der Waals surface area contributed by atoms with E-state index in [0.29, 0.717) is 0 Å². The molecule has 1 aromatic heterocycles. The van der Waals surface area contributed by atoms with Crippen molar-refractivity contribution in [3.05, 3.63) is 76.0 Å². The van der Waals surface area contributed by atoms with E-state index in [0.717, 1.165) is 33.7 Å². The molecule has 176 valence electrons. The van der Waals surface area contributed by atoms with Gasteiger partial charge < -0.3 is 14.8 Å². The van der Waals surface area contributed by atoms with E-state index in [9.17, 15) is 31.2 Å². The molecule has 0 aliphatic carbocycles. The Bertz CT molecular complexity index is 1380. The highest BCUT2D eigenvalue weighted by Crippen LogP contribution is 2.28. The maximum absolute atomic E-state index is 14.0. The second kappa shape index (κ2) is 9.24. The minimum absolute atomic E-state index is 0.0692. The van der Waals surface area contributed by atoms with Crippen molar-refractivity contribution in [3.63, 3.8) is 0 Å². The molecular weight excluding hydrogens is 461 g/mol. The van der Waals surface area contributed by atoms with Gasteiger partial charge in [-0.15, -0.1) is 0 Å². The lowest BCUT2D eigenvalue weighted by molar-refractivity contribution is 0.197. The number of nitrogens with zero attached hydrogens (tertiary/aromatic N) is 2. The lowest BCUT2D eigenvalue weighted by Crippen LogP contribution is -2.41. The zero-order valence-corrected chi connectivity index (χ0v) is 18.5. The number of carbonyl (C=O) groups excluding carboxylic acids is 1. The number of nitrogens with two attached hydrogens (primary N) is 1. The Labute approximate surface area is 187 Å². The van der Waals surface area contributed by atoms with Crippen molar-refractivity contribution in [2.24, 2.45) is 12.2 Å². The predicted octanol–water partition coefficient (Wildman–Crippen LogP) is 2.84. The lowest BCUT2D eigenvalue weighted by atomic mass is 10.0. The van der Waals surface area contributed by atoms with Crippen molar-refractivity contribution in [3.8, 4) is 0 Å². The summed E-state index contributed by atoms with van der Waals surface area (Å²) in [4.78, 5) is 26.6. The summed E-state index contributed by atoms with van der Waals surface area (Å²) in [6, 6.07) is 4.88. The maximum Gasteiger partial charge on any atom is 0.322 e. The zero-order valence-electron chi connectivity index (χ0n) is 17.7. The Hall–Kier alpha value is -3.38. The molecule has 12 heteroatoms. The highest BCUT2D eigenvalue weighted by atomic mass is 32.2. The number of pyridine rings is 1. The number of rotatable bonds is 6. The van der Waals surface area contributed by atoms with Gasteiger partial charge in [0.25, 0.3) is 5.56 Å². The average molecular weight is 482 g/mol. The van der Waals surface area contributed by atoms with Gasteiger partial charge in [0.15, 0.2) is 11.6 Å². The van der Waals surface area contributed by atoms with Gasteiger partial charge in [-0.2, -0.15) is 0 Å². The number of amides is 2. The van der Waals surface area contributed by atoms with Gasteiger partial charge in [0.2, 0.25) is 10.0 Å². The molecule has 0 aliphatic heterocycles.